The topological polar surface area (TPSA) is 37.8 Å². The van der Waals surface area contributed by atoms with Crippen LogP contribution < -0.4 is 5.32 Å². The van der Waals surface area contributed by atoms with Crippen molar-refractivity contribution >= 4 is 11.0 Å². The fourth-order valence-electron chi connectivity index (χ4n) is 1.64. The minimum absolute atomic E-state index is 0.254. The minimum Gasteiger partial charge on any atom is -0.308 e. The van der Waals surface area contributed by atoms with Crippen LogP contribution >= 0.6 is 0 Å². The molecule has 0 aliphatic rings. The Hall–Kier alpha value is -1.48. The normalized spacial score (nSPS) is 13.8. The summed E-state index contributed by atoms with van der Waals surface area (Å²) >= 11 is 0. The van der Waals surface area contributed by atoms with E-state index in [1.807, 2.05) is 30.5 Å². The number of nitrogens with zero attached hydrogens (tertiary/aromatic N) is 2. The largest absolute Gasteiger partial charge is 0.308 e. The van der Waals surface area contributed by atoms with Gasteiger partial charge in [0.1, 0.15) is 0 Å². The third-order valence-corrected chi connectivity index (χ3v) is 3.39. The maximum absolute atomic E-state index is 4.60. The summed E-state index contributed by atoms with van der Waals surface area (Å²) in [4.78, 5) is 9.02. The van der Waals surface area contributed by atoms with Crippen LogP contribution in [-0.4, -0.2) is 16.0 Å². The van der Waals surface area contributed by atoms with E-state index >= 15 is 0 Å². The van der Waals surface area contributed by atoms with Crippen molar-refractivity contribution in [1.82, 2.24) is 15.3 Å². The lowest BCUT2D eigenvalue weighted by atomic mass is 9.88. The van der Waals surface area contributed by atoms with Crippen molar-refractivity contribution in [3.63, 3.8) is 0 Å². The Labute approximate surface area is 109 Å². The summed E-state index contributed by atoms with van der Waals surface area (Å²) in [7, 11) is 0. The van der Waals surface area contributed by atoms with Crippen LogP contribution in [0.1, 0.15) is 33.4 Å². The van der Waals surface area contributed by atoms with Crippen molar-refractivity contribution in [2.75, 3.05) is 0 Å². The lowest BCUT2D eigenvalue weighted by Gasteiger charge is -2.28. The van der Waals surface area contributed by atoms with Gasteiger partial charge in [-0.05, 0) is 24.5 Å². The molecule has 0 fully saturated rings. The molecule has 2 rings (SSSR count). The van der Waals surface area contributed by atoms with Gasteiger partial charge in [0.05, 0.1) is 22.9 Å². The molecule has 0 radical (unpaired) electrons. The monoisotopic (exact) mass is 243 g/mol. The first kappa shape index (κ1) is 13.0. The molecule has 0 spiro atoms. The van der Waals surface area contributed by atoms with Crippen LogP contribution in [0.5, 0.6) is 0 Å². The van der Waals surface area contributed by atoms with Crippen molar-refractivity contribution in [2.45, 2.75) is 40.3 Å². The lowest BCUT2D eigenvalue weighted by molar-refractivity contribution is 0.284. The zero-order valence-electron chi connectivity index (χ0n) is 11.6. The summed E-state index contributed by atoms with van der Waals surface area (Å²) in [5.41, 5.74) is 3.15. The third kappa shape index (κ3) is 3.05. The predicted molar refractivity (Wildman–Crippen MR) is 75.3 cm³/mol. The summed E-state index contributed by atoms with van der Waals surface area (Å²) in [5, 5.41) is 3.50. The van der Waals surface area contributed by atoms with E-state index in [1.54, 1.807) is 0 Å². The molecule has 0 amide bonds. The average molecular weight is 243 g/mol. The summed E-state index contributed by atoms with van der Waals surface area (Å²) in [5.74, 6) is 0. The highest BCUT2D eigenvalue weighted by atomic mass is 14.9. The molecule has 0 bridgehead atoms. The van der Waals surface area contributed by atoms with Gasteiger partial charge in [-0.15, -0.1) is 0 Å². The van der Waals surface area contributed by atoms with Gasteiger partial charge in [0, 0.05) is 12.6 Å². The molecule has 1 aromatic heterocycles. The molecule has 0 saturated carbocycles. The Morgan fingerprint density at radius 3 is 2.50 bits per heavy atom. The molecule has 1 unspecified atom stereocenters. The van der Waals surface area contributed by atoms with Crippen LogP contribution in [0.2, 0.25) is 0 Å². The zero-order chi connectivity index (χ0) is 13.2. The average Bonchev–Trinajstić information content (AvgIpc) is 2.34. The number of nitrogens with one attached hydrogen (secondary N) is 1. The molecular weight excluding hydrogens is 222 g/mol. The van der Waals surface area contributed by atoms with E-state index in [0.29, 0.717) is 6.04 Å². The lowest BCUT2D eigenvalue weighted by Crippen LogP contribution is -2.37. The van der Waals surface area contributed by atoms with E-state index in [4.69, 9.17) is 0 Å². The second-order valence-electron chi connectivity index (χ2n) is 5.82. The molecule has 96 valence electrons. The summed E-state index contributed by atoms with van der Waals surface area (Å²) in [6.07, 6.45) is 1.85. The molecule has 1 heterocycles. The van der Waals surface area contributed by atoms with Crippen molar-refractivity contribution in [2.24, 2.45) is 5.41 Å². The first-order chi connectivity index (χ1) is 8.47. The van der Waals surface area contributed by atoms with E-state index in [-0.39, 0.29) is 5.41 Å². The Morgan fingerprint density at radius 1 is 1.17 bits per heavy atom. The van der Waals surface area contributed by atoms with E-state index in [1.165, 1.54) is 0 Å². The van der Waals surface area contributed by atoms with E-state index in [2.05, 4.69) is 43.0 Å². The fraction of sp³-hybridized carbons (Fsp3) is 0.467. The summed E-state index contributed by atoms with van der Waals surface area (Å²) in [6.45, 7) is 9.66. The van der Waals surface area contributed by atoms with Crippen LogP contribution in [0.3, 0.4) is 0 Å². The first-order valence-corrected chi connectivity index (χ1v) is 6.41. The molecule has 0 aliphatic heterocycles. The van der Waals surface area contributed by atoms with Crippen LogP contribution in [0.15, 0.2) is 30.5 Å². The predicted octanol–water partition coefficient (Wildman–Crippen LogP) is 3.15. The zero-order valence-corrected chi connectivity index (χ0v) is 11.6. The van der Waals surface area contributed by atoms with Crippen LogP contribution in [0.4, 0.5) is 0 Å². The molecule has 1 N–H and O–H groups in total. The molecule has 0 aliphatic carbocycles. The van der Waals surface area contributed by atoms with E-state index < -0.39 is 0 Å². The van der Waals surface area contributed by atoms with Gasteiger partial charge in [0.2, 0.25) is 0 Å². The van der Waals surface area contributed by atoms with Gasteiger partial charge in [0.25, 0.3) is 0 Å². The smallest absolute Gasteiger partial charge is 0.0890 e. The molecule has 1 atom stereocenters. The molecule has 18 heavy (non-hydrogen) atoms. The number of hydrogen-bond acceptors (Lipinski definition) is 3. The van der Waals surface area contributed by atoms with Crippen molar-refractivity contribution in [1.29, 1.82) is 0 Å². The second kappa shape index (κ2) is 5.02. The van der Waals surface area contributed by atoms with Gasteiger partial charge in [-0.3, -0.25) is 4.98 Å². The SMILES string of the molecule is CC(NCc1cnc2ccccc2n1)C(C)(C)C. The van der Waals surface area contributed by atoms with Gasteiger partial charge in [-0.1, -0.05) is 32.9 Å². The highest BCUT2D eigenvalue weighted by Gasteiger charge is 2.19. The van der Waals surface area contributed by atoms with Crippen LogP contribution in [-0.2, 0) is 6.54 Å². The highest BCUT2D eigenvalue weighted by Crippen LogP contribution is 2.18. The maximum Gasteiger partial charge on any atom is 0.0890 e. The number of benzene rings is 1. The number of rotatable bonds is 3. The van der Waals surface area contributed by atoms with Crippen LogP contribution in [0.25, 0.3) is 11.0 Å². The van der Waals surface area contributed by atoms with Gasteiger partial charge in [0.15, 0.2) is 0 Å². The second-order valence-corrected chi connectivity index (χ2v) is 5.82. The number of aromatic nitrogens is 2. The maximum atomic E-state index is 4.60. The van der Waals surface area contributed by atoms with E-state index in [9.17, 15) is 0 Å². The minimum atomic E-state index is 0.254. The van der Waals surface area contributed by atoms with Crippen molar-refractivity contribution in [3.8, 4) is 0 Å². The standard InChI is InChI=1S/C15H21N3/c1-11(15(2,3)4)16-9-12-10-17-13-7-5-6-8-14(13)18-12/h5-8,10-11,16H,9H2,1-4H3. The Balaban J connectivity index is 2.08. The first-order valence-electron chi connectivity index (χ1n) is 6.41. The molecule has 3 heteroatoms. The van der Waals surface area contributed by atoms with Crippen molar-refractivity contribution < 1.29 is 0 Å². The quantitative estimate of drug-likeness (QED) is 0.900. The molecule has 3 nitrogen and oxygen atoms in total. The van der Waals surface area contributed by atoms with Crippen molar-refractivity contribution in [3.05, 3.63) is 36.2 Å². The Morgan fingerprint density at radius 2 is 1.83 bits per heavy atom. The highest BCUT2D eigenvalue weighted by molar-refractivity contribution is 5.73. The van der Waals surface area contributed by atoms with Gasteiger partial charge >= 0.3 is 0 Å². The Bertz CT molecular complexity index is 528. The molecular formula is C15H21N3. The fourth-order valence-corrected chi connectivity index (χ4v) is 1.64. The number of para-hydroxylation sites is 2. The molecule has 1 aromatic carbocycles. The number of hydrogen-bond donors (Lipinski definition) is 1. The summed E-state index contributed by atoms with van der Waals surface area (Å²) < 4.78 is 0. The van der Waals surface area contributed by atoms with Gasteiger partial charge in [-0.25, -0.2) is 4.98 Å². The third-order valence-electron chi connectivity index (χ3n) is 3.39. The van der Waals surface area contributed by atoms with Gasteiger partial charge in [-0.2, -0.15) is 0 Å². The summed E-state index contributed by atoms with van der Waals surface area (Å²) in [6, 6.07) is 8.39. The van der Waals surface area contributed by atoms with E-state index in [0.717, 1.165) is 23.3 Å². The molecule has 2 aromatic rings. The van der Waals surface area contributed by atoms with Crippen LogP contribution in [0, 0.1) is 5.41 Å². The van der Waals surface area contributed by atoms with Gasteiger partial charge < -0.3 is 5.32 Å². The number of fused-ring (bicyclic) bond motifs is 1. The Kier molecular flexibility index (Phi) is 3.62. The molecule has 0 saturated heterocycles.